The number of carbonyl (C=O) groups excluding carboxylic acids is 1. The van der Waals surface area contributed by atoms with Crippen molar-refractivity contribution in [2.75, 3.05) is 19.1 Å². The molecule has 0 unspecified atom stereocenters. The molecule has 0 spiro atoms. The van der Waals surface area contributed by atoms with Gasteiger partial charge in [-0.25, -0.2) is 0 Å². The maximum atomic E-state index is 13.2. The van der Waals surface area contributed by atoms with Crippen molar-refractivity contribution in [1.29, 1.82) is 0 Å². The second-order valence-corrected chi connectivity index (χ2v) is 10.7. The predicted molar refractivity (Wildman–Crippen MR) is 150 cm³/mol. The van der Waals surface area contributed by atoms with Gasteiger partial charge in [0.25, 0.3) is 5.91 Å². The third-order valence-corrected chi connectivity index (χ3v) is 7.47. The lowest BCUT2D eigenvalue weighted by Crippen LogP contribution is -2.27. The molecule has 0 radical (unpaired) electrons. The van der Waals surface area contributed by atoms with Gasteiger partial charge in [0.2, 0.25) is 0 Å². The van der Waals surface area contributed by atoms with E-state index < -0.39 is 0 Å². The van der Waals surface area contributed by atoms with Crippen molar-refractivity contribution < 1.29 is 19.0 Å². The van der Waals surface area contributed by atoms with Gasteiger partial charge in [-0.1, -0.05) is 59.3 Å². The SMILES string of the molecule is COc1ccc(N2C(=O)/C(=C\c3cc(Br)c(OCc4ccc(Cl)cc4)c(OC)c3)SC2=S)cc1Cl. The van der Waals surface area contributed by atoms with Crippen molar-refractivity contribution in [3.8, 4) is 17.2 Å². The number of thioether (sulfide) groups is 1. The first-order valence-corrected chi connectivity index (χ1v) is 12.9. The van der Waals surface area contributed by atoms with Crippen molar-refractivity contribution in [2.45, 2.75) is 6.61 Å². The zero-order valence-corrected chi connectivity index (χ0v) is 23.2. The molecule has 1 saturated heterocycles. The van der Waals surface area contributed by atoms with E-state index in [-0.39, 0.29) is 5.91 Å². The second kappa shape index (κ2) is 11.2. The first-order valence-electron chi connectivity index (χ1n) is 10.2. The minimum absolute atomic E-state index is 0.237. The summed E-state index contributed by atoms with van der Waals surface area (Å²) in [6, 6.07) is 16.2. The number of hydrogen-bond donors (Lipinski definition) is 0. The lowest BCUT2D eigenvalue weighted by molar-refractivity contribution is -0.113. The smallest absolute Gasteiger partial charge is 0.270 e. The number of nitrogens with zero attached hydrogens (tertiary/aromatic N) is 1. The van der Waals surface area contributed by atoms with Crippen LogP contribution in [-0.4, -0.2) is 24.4 Å². The molecule has 10 heteroatoms. The molecular formula is C25H18BrCl2NO4S2. The number of thiocarbonyl (C=S) groups is 1. The number of ether oxygens (including phenoxy) is 3. The normalized spacial score (nSPS) is 14.5. The number of carbonyl (C=O) groups is 1. The molecule has 0 saturated carbocycles. The molecule has 3 aromatic rings. The zero-order valence-electron chi connectivity index (χ0n) is 18.5. The van der Waals surface area contributed by atoms with Gasteiger partial charge in [-0.3, -0.25) is 9.69 Å². The van der Waals surface area contributed by atoms with Crippen LogP contribution in [0.15, 0.2) is 64.0 Å². The van der Waals surface area contributed by atoms with Gasteiger partial charge >= 0.3 is 0 Å². The molecule has 1 heterocycles. The van der Waals surface area contributed by atoms with Crippen LogP contribution >= 0.6 is 63.1 Å². The van der Waals surface area contributed by atoms with E-state index in [1.54, 1.807) is 37.5 Å². The Bertz CT molecular complexity index is 1330. The zero-order chi connectivity index (χ0) is 25.1. The molecule has 180 valence electrons. The highest BCUT2D eigenvalue weighted by Crippen LogP contribution is 2.41. The summed E-state index contributed by atoms with van der Waals surface area (Å²) in [6.07, 6.45) is 1.76. The molecule has 3 aromatic carbocycles. The minimum atomic E-state index is -0.237. The molecule has 4 rings (SSSR count). The van der Waals surface area contributed by atoms with Crippen LogP contribution in [0.4, 0.5) is 5.69 Å². The Hall–Kier alpha value is -2.23. The molecule has 1 amide bonds. The number of hydrogen-bond acceptors (Lipinski definition) is 6. The van der Waals surface area contributed by atoms with Crippen molar-refractivity contribution in [3.05, 3.63) is 85.1 Å². The number of methoxy groups -OCH3 is 2. The van der Waals surface area contributed by atoms with E-state index in [9.17, 15) is 4.79 Å². The average Bonchev–Trinajstić information content (AvgIpc) is 3.11. The highest BCUT2D eigenvalue weighted by molar-refractivity contribution is 9.10. The van der Waals surface area contributed by atoms with Crippen molar-refractivity contribution in [2.24, 2.45) is 0 Å². The van der Waals surface area contributed by atoms with E-state index in [0.29, 0.717) is 53.3 Å². The molecule has 35 heavy (non-hydrogen) atoms. The van der Waals surface area contributed by atoms with Crippen molar-refractivity contribution >= 4 is 85.1 Å². The first kappa shape index (κ1) is 25.9. The van der Waals surface area contributed by atoms with Crippen LogP contribution in [0.2, 0.25) is 10.0 Å². The maximum absolute atomic E-state index is 13.2. The second-order valence-electron chi connectivity index (χ2n) is 7.29. The van der Waals surface area contributed by atoms with E-state index in [4.69, 9.17) is 49.6 Å². The Kier molecular flexibility index (Phi) is 8.29. The Balaban J connectivity index is 1.57. The molecule has 0 atom stereocenters. The summed E-state index contributed by atoms with van der Waals surface area (Å²) in [7, 11) is 3.09. The van der Waals surface area contributed by atoms with E-state index in [1.807, 2.05) is 30.3 Å². The fourth-order valence-electron chi connectivity index (χ4n) is 3.34. The topological polar surface area (TPSA) is 48.0 Å². The van der Waals surface area contributed by atoms with Crippen molar-refractivity contribution in [1.82, 2.24) is 0 Å². The molecule has 0 aliphatic carbocycles. The van der Waals surface area contributed by atoms with Crippen LogP contribution in [0.25, 0.3) is 6.08 Å². The van der Waals surface area contributed by atoms with Crippen LogP contribution in [-0.2, 0) is 11.4 Å². The summed E-state index contributed by atoms with van der Waals surface area (Å²) >= 11 is 22.4. The van der Waals surface area contributed by atoms with Gasteiger partial charge in [-0.2, -0.15) is 0 Å². The van der Waals surface area contributed by atoms with Crippen LogP contribution in [0, 0.1) is 0 Å². The third-order valence-electron chi connectivity index (χ3n) is 5.03. The molecule has 0 bridgehead atoms. The van der Waals surface area contributed by atoms with Gasteiger partial charge < -0.3 is 14.2 Å². The third kappa shape index (κ3) is 5.78. The number of rotatable bonds is 7. The monoisotopic (exact) mass is 609 g/mol. The minimum Gasteiger partial charge on any atom is -0.495 e. The van der Waals surface area contributed by atoms with E-state index in [0.717, 1.165) is 11.1 Å². The Morgan fingerprint density at radius 2 is 1.74 bits per heavy atom. The van der Waals surface area contributed by atoms with Gasteiger partial charge in [0.15, 0.2) is 15.8 Å². The number of benzene rings is 3. The standard InChI is InChI=1S/C25H18BrCl2NO4S2/c1-31-20-8-7-17(12-19(20)28)29-24(30)22(35-25(29)34)11-15-9-18(26)23(21(10-15)32-2)33-13-14-3-5-16(27)6-4-14/h3-12H,13H2,1-2H3/b22-11+. The van der Waals surface area contributed by atoms with E-state index in [1.165, 1.54) is 23.8 Å². The number of halogens is 3. The summed E-state index contributed by atoms with van der Waals surface area (Å²) in [5, 5.41) is 1.06. The summed E-state index contributed by atoms with van der Waals surface area (Å²) in [6.45, 7) is 0.342. The molecule has 1 aliphatic heterocycles. The van der Waals surface area contributed by atoms with Gasteiger partial charge in [-0.15, -0.1) is 0 Å². The molecule has 0 aromatic heterocycles. The largest absolute Gasteiger partial charge is 0.495 e. The number of anilines is 1. The van der Waals surface area contributed by atoms with E-state index >= 15 is 0 Å². The molecule has 1 aliphatic rings. The Morgan fingerprint density at radius 1 is 1.03 bits per heavy atom. The highest BCUT2D eigenvalue weighted by atomic mass is 79.9. The first-order chi connectivity index (χ1) is 16.8. The van der Waals surface area contributed by atoms with Crippen molar-refractivity contribution in [3.63, 3.8) is 0 Å². The fourth-order valence-corrected chi connectivity index (χ4v) is 5.59. The quantitative estimate of drug-likeness (QED) is 0.201. The molecule has 0 N–H and O–H groups in total. The molecular weight excluding hydrogens is 593 g/mol. The maximum Gasteiger partial charge on any atom is 0.270 e. The Labute approximate surface area is 231 Å². The predicted octanol–water partition coefficient (Wildman–Crippen LogP) is 7.76. The van der Waals surface area contributed by atoms with Gasteiger partial charge in [0.1, 0.15) is 12.4 Å². The van der Waals surface area contributed by atoms with Crippen LogP contribution in [0.1, 0.15) is 11.1 Å². The fraction of sp³-hybridized carbons (Fsp3) is 0.120. The summed E-state index contributed by atoms with van der Waals surface area (Å²) in [4.78, 5) is 15.1. The number of amides is 1. The van der Waals surface area contributed by atoms with Gasteiger partial charge in [0, 0.05) is 5.02 Å². The van der Waals surface area contributed by atoms with Crippen LogP contribution < -0.4 is 19.1 Å². The highest BCUT2D eigenvalue weighted by Gasteiger charge is 2.33. The summed E-state index contributed by atoms with van der Waals surface area (Å²) in [5.74, 6) is 1.36. The molecule has 5 nitrogen and oxygen atoms in total. The summed E-state index contributed by atoms with van der Waals surface area (Å²) in [5.41, 5.74) is 2.29. The lowest BCUT2D eigenvalue weighted by Gasteiger charge is -2.16. The lowest BCUT2D eigenvalue weighted by atomic mass is 10.1. The Morgan fingerprint density at radius 3 is 2.40 bits per heavy atom. The van der Waals surface area contributed by atoms with E-state index in [2.05, 4.69) is 15.9 Å². The average molecular weight is 611 g/mol. The summed E-state index contributed by atoms with van der Waals surface area (Å²) < 4.78 is 17.8. The van der Waals surface area contributed by atoms with Gasteiger partial charge in [-0.05, 0) is 75.6 Å². The van der Waals surface area contributed by atoms with Gasteiger partial charge in [0.05, 0.1) is 34.3 Å². The molecule has 1 fully saturated rings. The van der Waals surface area contributed by atoms with Crippen LogP contribution in [0.5, 0.6) is 17.2 Å². The van der Waals surface area contributed by atoms with Crippen LogP contribution in [0.3, 0.4) is 0 Å².